The number of carbonyl (C=O) groups excluding carboxylic acids is 1. The largest absolute Gasteiger partial charge is 0.453 e. The molecule has 1 aromatic carbocycles. The predicted molar refractivity (Wildman–Crippen MR) is 105 cm³/mol. The number of esters is 1. The average Bonchev–Trinajstić information content (AvgIpc) is 3.37. The van der Waals surface area contributed by atoms with Gasteiger partial charge < -0.3 is 13.8 Å². The molecule has 3 rings (SSSR count). The third-order valence-corrected chi connectivity index (χ3v) is 4.46. The van der Waals surface area contributed by atoms with E-state index >= 15 is 0 Å². The summed E-state index contributed by atoms with van der Waals surface area (Å²) in [5.74, 6) is 0.500. The number of aryl methyl sites for hydroxylation is 1. The minimum absolute atomic E-state index is 0.0162. The zero-order valence-corrected chi connectivity index (χ0v) is 18.1. The minimum atomic E-state index is -4.49. The molecule has 2 heterocycles. The number of alkyl halides is 3. The molecule has 1 atom stereocenters. The highest BCUT2D eigenvalue weighted by molar-refractivity contribution is 5.69. The molecular weight excluding hydrogens is 429 g/mol. The molecule has 2 aromatic heterocycles. The fourth-order valence-corrected chi connectivity index (χ4v) is 2.70. The third-order valence-electron chi connectivity index (χ3n) is 4.46. The first-order valence-corrected chi connectivity index (χ1v) is 9.97. The zero-order valence-electron chi connectivity index (χ0n) is 18.1. The molecule has 172 valence electrons. The molecule has 0 N–H and O–H groups in total. The van der Waals surface area contributed by atoms with Gasteiger partial charge in [-0.05, 0) is 25.5 Å². The van der Waals surface area contributed by atoms with Gasteiger partial charge in [0.1, 0.15) is 0 Å². The Kier molecular flexibility index (Phi) is 6.65. The van der Waals surface area contributed by atoms with Crippen LogP contribution < -0.4 is 0 Å². The van der Waals surface area contributed by atoms with Crippen LogP contribution in [0.1, 0.15) is 69.8 Å². The Bertz CT molecular complexity index is 1070. The van der Waals surface area contributed by atoms with Crippen LogP contribution in [-0.4, -0.2) is 26.3 Å². The highest BCUT2D eigenvalue weighted by atomic mass is 19.4. The quantitative estimate of drug-likeness (QED) is 0.458. The summed E-state index contributed by atoms with van der Waals surface area (Å²) in [4.78, 5) is 20.5. The zero-order chi connectivity index (χ0) is 23.5. The van der Waals surface area contributed by atoms with E-state index < -0.39 is 23.8 Å². The standard InChI is InChI=1S/C21H23F3N4O4/c1-12(30-16(29)10-6-9-15-25-19(28-31-15)20(2,3)4)18-26-17(27-32-18)13-7-5-8-14(11-13)21(22,23)24/h5,7-8,11-12H,6,9-10H2,1-4H3. The Morgan fingerprint density at radius 3 is 2.53 bits per heavy atom. The number of hydrogen-bond acceptors (Lipinski definition) is 8. The van der Waals surface area contributed by atoms with Gasteiger partial charge in [0.25, 0.3) is 5.89 Å². The van der Waals surface area contributed by atoms with Crippen molar-refractivity contribution in [1.82, 2.24) is 20.3 Å². The van der Waals surface area contributed by atoms with Crippen LogP contribution in [0.3, 0.4) is 0 Å². The van der Waals surface area contributed by atoms with Crippen molar-refractivity contribution in [2.75, 3.05) is 0 Å². The Morgan fingerprint density at radius 1 is 1.12 bits per heavy atom. The predicted octanol–water partition coefficient (Wildman–Crippen LogP) is 5.06. The number of aromatic nitrogens is 4. The van der Waals surface area contributed by atoms with Crippen LogP contribution in [0.4, 0.5) is 13.2 Å². The Hall–Kier alpha value is -3.24. The molecule has 0 aliphatic heterocycles. The molecule has 0 bridgehead atoms. The summed E-state index contributed by atoms with van der Waals surface area (Å²) in [6.07, 6.45) is -4.37. The number of nitrogens with zero attached hydrogens (tertiary/aromatic N) is 4. The van der Waals surface area contributed by atoms with Crippen molar-refractivity contribution >= 4 is 5.97 Å². The van der Waals surface area contributed by atoms with Crippen LogP contribution in [0.5, 0.6) is 0 Å². The maximum atomic E-state index is 12.9. The molecule has 0 amide bonds. The molecule has 0 saturated carbocycles. The first-order valence-electron chi connectivity index (χ1n) is 9.97. The second kappa shape index (κ2) is 9.09. The molecule has 3 aromatic rings. The summed E-state index contributed by atoms with van der Waals surface area (Å²) in [7, 11) is 0. The lowest BCUT2D eigenvalue weighted by molar-refractivity contribution is -0.150. The maximum Gasteiger partial charge on any atom is 0.416 e. The van der Waals surface area contributed by atoms with Crippen LogP contribution >= 0.6 is 0 Å². The summed E-state index contributed by atoms with van der Waals surface area (Å²) in [6.45, 7) is 7.44. The van der Waals surface area contributed by atoms with Gasteiger partial charge in [0, 0.05) is 23.8 Å². The first-order chi connectivity index (χ1) is 14.9. The molecule has 0 radical (unpaired) electrons. The van der Waals surface area contributed by atoms with E-state index in [0.29, 0.717) is 24.6 Å². The summed E-state index contributed by atoms with van der Waals surface area (Å²) < 4.78 is 54.2. The summed E-state index contributed by atoms with van der Waals surface area (Å²) >= 11 is 0. The monoisotopic (exact) mass is 452 g/mol. The molecule has 11 heteroatoms. The summed E-state index contributed by atoms with van der Waals surface area (Å²) in [5.41, 5.74) is -0.910. The Labute approximate surface area is 182 Å². The number of benzene rings is 1. The molecule has 1 unspecified atom stereocenters. The van der Waals surface area contributed by atoms with Crippen molar-refractivity contribution < 1.29 is 31.7 Å². The number of halogens is 3. The van der Waals surface area contributed by atoms with Crippen LogP contribution in [0, 0.1) is 0 Å². The van der Waals surface area contributed by atoms with Crippen LogP contribution in [0.25, 0.3) is 11.4 Å². The van der Waals surface area contributed by atoms with E-state index in [2.05, 4.69) is 20.3 Å². The van der Waals surface area contributed by atoms with E-state index in [4.69, 9.17) is 13.8 Å². The van der Waals surface area contributed by atoms with Gasteiger partial charge in [-0.15, -0.1) is 0 Å². The van der Waals surface area contributed by atoms with Crippen LogP contribution in [0.15, 0.2) is 33.3 Å². The van der Waals surface area contributed by atoms with Gasteiger partial charge in [-0.25, -0.2) is 0 Å². The van der Waals surface area contributed by atoms with Crippen molar-refractivity contribution in [3.8, 4) is 11.4 Å². The van der Waals surface area contributed by atoms with Crippen molar-refractivity contribution in [3.63, 3.8) is 0 Å². The molecule has 0 spiro atoms. The number of rotatable bonds is 7. The lowest BCUT2D eigenvalue weighted by Gasteiger charge is -2.10. The van der Waals surface area contributed by atoms with E-state index in [9.17, 15) is 18.0 Å². The van der Waals surface area contributed by atoms with E-state index in [0.717, 1.165) is 12.1 Å². The van der Waals surface area contributed by atoms with E-state index in [-0.39, 0.29) is 29.1 Å². The number of carbonyl (C=O) groups is 1. The molecule has 0 saturated heterocycles. The van der Waals surface area contributed by atoms with Gasteiger partial charge in [0.2, 0.25) is 11.7 Å². The SMILES string of the molecule is CC(OC(=O)CCCc1nc(C(C)(C)C)no1)c1nc(-c2cccc(C(F)(F)F)c2)no1. The van der Waals surface area contributed by atoms with E-state index in [1.165, 1.54) is 19.1 Å². The fraction of sp³-hybridized carbons (Fsp3) is 0.476. The van der Waals surface area contributed by atoms with Crippen molar-refractivity contribution in [2.24, 2.45) is 0 Å². The first kappa shape index (κ1) is 23.4. The molecule has 8 nitrogen and oxygen atoms in total. The van der Waals surface area contributed by atoms with E-state index in [1.807, 2.05) is 20.8 Å². The molecule has 0 aliphatic rings. The lowest BCUT2D eigenvalue weighted by atomic mass is 9.96. The Balaban J connectivity index is 1.53. The van der Waals surface area contributed by atoms with Crippen molar-refractivity contribution in [2.45, 2.75) is 64.7 Å². The third kappa shape index (κ3) is 5.92. The number of hydrogen-bond donors (Lipinski definition) is 0. The summed E-state index contributed by atoms with van der Waals surface area (Å²) in [5, 5.41) is 7.62. The van der Waals surface area contributed by atoms with Gasteiger partial charge in [-0.2, -0.15) is 23.1 Å². The van der Waals surface area contributed by atoms with Gasteiger partial charge in [0.15, 0.2) is 11.9 Å². The Morgan fingerprint density at radius 2 is 1.88 bits per heavy atom. The minimum Gasteiger partial charge on any atom is -0.453 e. The second-order valence-corrected chi connectivity index (χ2v) is 8.28. The molecular formula is C21H23F3N4O4. The lowest BCUT2D eigenvalue weighted by Crippen LogP contribution is -2.13. The topological polar surface area (TPSA) is 104 Å². The highest BCUT2D eigenvalue weighted by Crippen LogP contribution is 2.31. The summed E-state index contributed by atoms with van der Waals surface area (Å²) in [6, 6.07) is 4.57. The van der Waals surface area contributed by atoms with E-state index in [1.54, 1.807) is 0 Å². The van der Waals surface area contributed by atoms with Crippen molar-refractivity contribution in [1.29, 1.82) is 0 Å². The maximum absolute atomic E-state index is 12.9. The van der Waals surface area contributed by atoms with Gasteiger partial charge in [0.05, 0.1) is 5.56 Å². The van der Waals surface area contributed by atoms with Gasteiger partial charge in [-0.3, -0.25) is 4.79 Å². The fourth-order valence-electron chi connectivity index (χ4n) is 2.70. The smallest absolute Gasteiger partial charge is 0.416 e. The highest BCUT2D eigenvalue weighted by Gasteiger charge is 2.31. The molecule has 0 aliphatic carbocycles. The van der Waals surface area contributed by atoms with Gasteiger partial charge >= 0.3 is 12.1 Å². The van der Waals surface area contributed by atoms with Crippen LogP contribution in [-0.2, 0) is 27.5 Å². The molecule has 32 heavy (non-hydrogen) atoms. The average molecular weight is 452 g/mol. The second-order valence-electron chi connectivity index (χ2n) is 8.28. The van der Waals surface area contributed by atoms with Crippen molar-refractivity contribution in [3.05, 3.63) is 47.4 Å². The molecule has 0 fully saturated rings. The number of ether oxygens (including phenoxy) is 1. The van der Waals surface area contributed by atoms with Crippen LogP contribution in [0.2, 0.25) is 0 Å². The van der Waals surface area contributed by atoms with Gasteiger partial charge in [-0.1, -0.05) is 43.2 Å². The normalized spacial score (nSPS) is 13.2.